The highest BCUT2D eigenvalue weighted by molar-refractivity contribution is 8.00. The van der Waals surface area contributed by atoms with Crippen molar-refractivity contribution in [3.05, 3.63) is 65.2 Å². The van der Waals surface area contributed by atoms with E-state index in [1.807, 2.05) is 36.0 Å². The zero-order chi connectivity index (χ0) is 17.7. The maximum atomic E-state index is 12.6. The molecule has 2 aromatic carbocycles. The van der Waals surface area contributed by atoms with Gasteiger partial charge in [-0.25, -0.2) is 0 Å². The summed E-state index contributed by atoms with van der Waals surface area (Å²) in [5, 5.41) is 0. The van der Waals surface area contributed by atoms with Crippen LogP contribution in [0.4, 0.5) is 0 Å². The molecule has 0 saturated carbocycles. The summed E-state index contributed by atoms with van der Waals surface area (Å²) in [7, 11) is 0. The quantitative estimate of drug-likeness (QED) is 0.411. The fourth-order valence-corrected chi connectivity index (χ4v) is 3.49. The van der Waals surface area contributed by atoms with E-state index in [9.17, 15) is 4.79 Å². The maximum Gasteiger partial charge on any atom is 0.193 e. The van der Waals surface area contributed by atoms with Gasteiger partial charge in [-0.2, -0.15) is 0 Å². The molecule has 0 aromatic heterocycles. The highest BCUT2D eigenvalue weighted by Crippen LogP contribution is 2.34. The molecule has 0 N–H and O–H groups in total. The highest BCUT2D eigenvalue weighted by Gasteiger charge is 2.17. The minimum atomic E-state index is 0.0944. The monoisotopic (exact) mass is 340 g/mol. The predicted octanol–water partition coefficient (Wildman–Crippen LogP) is 6.71. The lowest BCUT2D eigenvalue weighted by molar-refractivity contribution is 0.103. The molecule has 0 fully saturated rings. The summed E-state index contributed by atoms with van der Waals surface area (Å²) in [5.41, 5.74) is 2.81. The Hall–Kier alpha value is -1.54. The van der Waals surface area contributed by atoms with Gasteiger partial charge < -0.3 is 0 Å². The summed E-state index contributed by atoms with van der Waals surface area (Å²) in [4.78, 5) is 13.9. The molecule has 0 saturated heterocycles. The number of carbonyl (C=O) groups excluding carboxylic acids is 1. The lowest BCUT2D eigenvalue weighted by atomic mass is 9.95. The van der Waals surface area contributed by atoms with Crippen molar-refractivity contribution in [2.24, 2.45) is 0 Å². The Morgan fingerprint density at radius 3 is 1.92 bits per heavy atom. The molecule has 24 heavy (non-hydrogen) atoms. The van der Waals surface area contributed by atoms with Crippen LogP contribution in [0.15, 0.2) is 53.4 Å². The minimum Gasteiger partial charge on any atom is -0.289 e. The third-order valence-corrected chi connectivity index (χ3v) is 6.07. The molecule has 0 aliphatic heterocycles. The SMILES string of the molecule is CCC(C)c1ccc(C(=O)c2ccc(SC(C)(C)CC)cc2)cc1. The summed E-state index contributed by atoms with van der Waals surface area (Å²) < 4.78 is 0.220. The van der Waals surface area contributed by atoms with Crippen LogP contribution >= 0.6 is 11.8 Å². The average molecular weight is 341 g/mol. The fraction of sp³-hybridized carbons (Fsp3) is 0.409. The van der Waals surface area contributed by atoms with Gasteiger partial charge in [0, 0.05) is 20.8 Å². The van der Waals surface area contributed by atoms with Crippen molar-refractivity contribution in [3.63, 3.8) is 0 Å². The topological polar surface area (TPSA) is 17.1 Å². The van der Waals surface area contributed by atoms with Crippen LogP contribution < -0.4 is 0 Å². The van der Waals surface area contributed by atoms with Crippen LogP contribution in [-0.4, -0.2) is 10.5 Å². The summed E-state index contributed by atoms with van der Waals surface area (Å²) in [6.07, 6.45) is 2.22. The lowest BCUT2D eigenvalue weighted by Crippen LogP contribution is -2.11. The Bertz CT molecular complexity index is 668. The predicted molar refractivity (Wildman–Crippen MR) is 105 cm³/mol. The fourth-order valence-electron chi connectivity index (χ4n) is 2.43. The molecule has 0 radical (unpaired) electrons. The van der Waals surface area contributed by atoms with Gasteiger partial charge in [0.2, 0.25) is 0 Å². The number of benzene rings is 2. The minimum absolute atomic E-state index is 0.0944. The van der Waals surface area contributed by atoms with Gasteiger partial charge in [-0.15, -0.1) is 11.8 Å². The van der Waals surface area contributed by atoms with Crippen LogP contribution in [0.25, 0.3) is 0 Å². The van der Waals surface area contributed by atoms with Crippen molar-refractivity contribution < 1.29 is 4.79 Å². The van der Waals surface area contributed by atoms with E-state index in [1.165, 1.54) is 10.5 Å². The normalized spacial score (nSPS) is 12.9. The highest BCUT2D eigenvalue weighted by atomic mass is 32.2. The van der Waals surface area contributed by atoms with Crippen molar-refractivity contribution >= 4 is 17.5 Å². The van der Waals surface area contributed by atoms with E-state index >= 15 is 0 Å². The first-order chi connectivity index (χ1) is 11.4. The molecule has 0 heterocycles. The van der Waals surface area contributed by atoms with Gasteiger partial charge in [-0.05, 0) is 48.6 Å². The molecule has 128 valence electrons. The van der Waals surface area contributed by atoms with Crippen LogP contribution in [0.3, 0.4) is 0 Å². The first kappa shape index (κ1) is 18.8. The molecule has 1 atom stereocenters. The van der Waals surface area contributed by atoms with Crippen LogP contribution in [-0.2, 0) is 0 Å². The summed E-state index contributed by atoms with van der Waals surface area (Å²) in [5.74, 6) is 0.629. The Kier molecular flexibility index (Phi) is 6.28. The van der Waals surface area contributed by atoms with Crippen molar-refractivity contribution in [2.75, 3.05) is 0 Å². The van der Waals surface area contributed by atoms with Gasteiger partial charge in [-0.3, -0.25) is 4.79 Å². The van der Waals surface area contributed by atoms with Crippen LogP contribution in [0.2, 0.25) is 0 Å². The molecule has 1 nitrogen and oxygen atoms in total. The zero-order valence-electron chi connectivity index (χ0n) is 15.4. The molecule has 0 spiro atoms. The average Bonchev–Trinajstić information content (AvgIpc) is 2.61. The van der Waals surface area contributed by atoms with Gasteiger partial charge in [-0.1, -0.05) is 58.9 Å². The molecule has 0 bridgehead atoms. The Morgan fingerprint density at radius 1 is 0.958 bits per heavy atom. The Morgan fingerprint density at radius 2 is 1.46 bits per heavy atom. The van der Waals surface area contributed by atoms with E-state index in [2.05, 4.69) is 58.9 Å². The van der Waals surface area contributed by atoms with E-state index in [1.54, 1.807) is 0 Å². The Balaban J connectivity index is 2.12. The largest absolute Gasteiger partial charge is 0.289 e. The molecule has 0 aliphatic rings. The third kappa shape index (κ3) is 4.73. The van der Waals surface area contributed by atoms with Crippen LogP contribution in [0.5, 0.6) is 0 Å². The van der Waals surface area contributed by atoms with Crippen molar-refractivity contribution in [1.29, 1.82) is 0 Å². The third-order valence-electron chi connectivity index (χ3n) is 4.72. The van der Waals surface area contributed by atoms with Crippen molar-refractivity contribution in [1.82, 2.24) is 0 Å². The number of ketones is 1. The molecular weight excluding hydrogens is 312 g/mol. The smallest absolute Gasteiger partial charge is 0.193 e. The second-order valence-corrected chi connectivity index (χ2v) is 8.78. The van der Waals surface area contributed by atoms with E-state index in [-0.39, 0.29) is 10.5 Å². The van der Waals surface area contributed by atoms with Crippen molar-refractivity contribution in [2.45, 2.75) is 63.0 Å². The first-order valence-electron chi connectivity index (χ1n) is 8.80. The van der Waals surface area contributed by atoms with E-state index < -0.39 is 0 Å². The zero-order valence-corrected chi connectivity index (χ0v) is 16.2. The van der Waals surface area contributed by atoms with Gasteiger partial charge in [0.1, 0.15) is 0 Å². The molecule has 2 aromatic rings. The molecule has 2 heteroatoms. The van der Waals surface area contributed by atoms with E-state index in [0.717, 1.165) is 24.0 Å². The maximum absolute atomic E-state index is 12.6. The van der Waals surface area contributed by atoms with Crippen molar-refractivity contribution in [3.8, 4) is 0 Å². The van der Waals surface area contributed by atoms with Gasteiger partial charge in [0.25, 0.3) is 0 Å². The second kappa shape index (κ2) is 8.02. The van der Waals surface area contributed by atoms with E-state index in [0.29, 0.717) is 5.92 Å². The Labute approximate surface area is 150 Å². The number of hydrogen-bond donors (Lipinski definition) is 0. The summed E-state index contributed by atoms with van der Waals surface area (Å²) in [6.45, 7) is 11.1. The molecule has 0 amide bonds. The number of carbonyl (C=O) groups is 1. The summed E-state index contributed by atoms with van der Waals surface area (Å²) in [6, 6.07) is 16.1. The number of thioether (sulfide) groups is 1. The summed E-state index contributed by atoms with van der Waals surface area (Å²) >= 11 is 1.86. The molecule has 1 unspecified atom stereocenters. The van der Waals surface area contributed by atoms with E-state index in [4.69, 9.17) is 0 Å². The molecular formula is C22H28OS. The number of rotatable bonds is 7. The second-order valence-electron chi connectivity index (χ2n) is 7.00. The van der Waals surface area contributed by atoms with Gasteiger partial charge in [0.05, 0.1) is 0 Å². The molecule has 2 rings (SSSR count). The standard InChI is InChI=1S/C22H28OS/c1-6-16(3)17-8-10-18(11-9-17)21(23)19-12-14-20(15-13-19)24-22(4,5)7-2/h8-16H,6-7H2,1-5H3. The number of hydrogen-bond acceptors (Lipinski definition) is 2. The lowest BCUT2D eigenvalue weighted by Gasteiger charge is -2.21. The van der Waals surface area contributed by atoms with Crippen LogP contribution in [0.1, 0.15) is 74.9 Å². The van der Waals surface area contributed by atoms with Gasteiger partial charge >= 0.3 is 0 Å². The van der Waals surface area contributed by atoms with Gasteiger partial charge in [0.15, 0.2) is 5.78 Å². The first-order valence-corrected chi connectivity index (χ1v) is 9.61. The molecule has 0 aliphatic carbocycles. The van der Waals surface area contributed by atoms with Crippen LogP contribution in [0, 0.1) is 0 Å².